The zero-order valence-electron chi connectivity index (χ0n) is 26.4. The van der Waals surface area contributed by atoms with Crippen molar-refractivity contribution in [2.45, 2.75) is 13.0 Å². The Morgan fingerprint density at radius 1 is 0.604 bits per heavy atom. The Morgan fingerprint density at radius 3 is 2.08 bits per heavy atom. The second kappa shape index (κ2) is 11.5. The van der Waals surface area contributed by atoms with Gasteiger partial charge in [0, 0.05) is 27.8 Å². The van der Waals surface area contributed by atoms with E-state index >= 15 is 0 Å². The van der Waals surface area contributed by atoms with Gasteiger partial charge in [0.1, 0.15) is 11.2 Å². The molecule has 1 atom stereocenters. The van der Waals surface area contributed by atoms with Crippen molar-refractivity contribution in [1.29, 1.82) is 0 Å². The molecule has 7 aromatic carbocycles. The van der Waals surface area contributed by atoms with Gasteiger partial charge < -0.3 is 8.98 Å². The van der Waals surface area contributed by atoms with Crippen LogP contribution in [0.2, 0.25) is 0 Å². The van der Waals surface area contributed by atoms with Crippen molar-refractivity contribution < 1.29 is 4.42 Å². The molecule has 9 aromatic rings. The lowest BCUT2D eigenvalue weighted by Gasteiger charge is -2.17. The molecule has 4 heteroatoms. The molecule has 0 N–H and O–H groups in total. The average Bonchev–Trinajstić information content (AvgIpc) is 3.68. The maximum Gasteiger partial charge on any atom is 0.158 e. The number of amidine groups is 1. The number of hydrogen-bond acceptors (Lipinski definition) is 2. The van der Waals surface area contributed by atoms with Gasteiger partial charge in [-0.1, -0.05) is 121 Å². The number of nitrogens with zero attached hydrogens (tertiary/aromatic N) is 3. The highest BCUT2D eigenvalue weighted by Crippen LogP contribution is 2.40. The molecule has 0 radical (unpaired) electrons. The van der Waals surface area contributed by atoms with E-state index in [1.54, 1.807) is 0 Å². The van der Waals surface area contributed by atoms with Gasteiger partial charge in [-0.05, 0) is 65.2 Å². The van der Waals surface area contributed by atoms with Crippen molar-refractivity contribution in [3.8, 4) is 5.69 Å². The number of rotatable bonds is 5. The number of para-hydroxylation sites is 2. The molecular formula is C44H31N3O. The van der Waals surface area contributed by atoms with Crippen molar-refractivity contribution in [2.75, 3.05) is 0 Å². The first-order valence-corrected chi connectivity index (χ1v) is 16.3. The van der Waals surface area contributed by atoms with Crippen molar-refractivity contribution in [2.24, 2.45) is 9.98 Å². The van der Waals surface area contributed by atoms with Crippen molar-refractivity contribution in [3.63, 3.8) is 0 Å². The van der Waals surface area contributed by atoms with Crippen LogP contribution in [0.15, 0.2) is 172 Å². The van der Waals surface area contributed by atoms with Crippen LogP contribution >= 0.6 is 0 Å². The van der Waals surface area contributed by atoms with E-state index in [0.717, 1.165) is 55.3 Å². The first-order valence-electron chi connectivity index (χ1n) is 16.3. The van der Waals surface area contributed by atoms with Crippen LogP contribution in [-0.2, 0) is 0 Å². The molecule has 4 nitrogen and oxygen atoms in total. The Labute approximate surface area is 277 Å². The van der Waals surface area contributed by atoms with Gasteiger partial charge in [-0.3, -0.25) is 4.99 Å². The Balaban J connectivity index is 1.42. The molecule has 0 saturated heterocycles. The number of aliphatic imine (C=N–C) groups is 2. The van der Waals surface area contributed by atoms with E-state index in [9.17, 15) is 0 Å². The van der Waals surface area contributed by atoms with Crippen LogP contribution in [0, 0.1) is 0 Å². The van der Waals surface area contributed by atoms with Crippen LogP contribution in [-0.4, -0.2) is 16.6 Å². The van der Waals surface area contributed by atoms with Crippen LogP contribution in [0.5, 0.6) is 0 Å². The fourth-order valence-electron chi connectivity index (χ4n) is 6.96. The van der Waals surface area contributed by atoms with Gasteiger partial charge >= 0.3 is 0 Å². The summed E-state index contributed by atoms with van der Waals surface area (Å²) < 4.78 is 8.87. The zero-order valence-corrected chi connectivity index (χ0v) is 26.4. The minimum absolute atomic E-state index is 0.141. The molecule has 0 fully saturated rings. The van der Waals surface area contributed by atoms with Crippen LogP contribution in [0.1, 0.15) is 29.7 Å². The van der Waals surface area contributed by atoms with E-state index in [1.807, 2.05) is 42.6 Å². The fourth-order valence-corrected chi connectivity index (χ4v) is 6.96. The molecule has 2 heterocycles. The van der Waals surface area contributed by atoms with Crippen molar-refractivity contribution in [1.82, 2.24) is 4.57 Å². The highest BCUT2D eigenvalue weighted by Gasteiger charge is 2.24. The first-order chi connectivity index (χ1) is 23.7. The van der Waals surface area contributed by atoms with Gasteiger partial charge in [-0.15, -0.1) is 0 Å². The van der Waals surface area contributed by atoms with Crippen LogP contribution in [0.25, 0.3) is 60.2 Å². The quantitative estimate of drug-likeness (QED) is 0.140. The lowest BCUT2D eigenvalue weighted by Crippen LogP contribution is -2.09. The Hall–Kier alpha value is -6.26. The summed E-state index contributed by atoms with van der Waals surface area (Å²) >= 11 is 0. The second-order valence-corrected chi connectivity index (χ2v) is 12.2. The fraction of sp³-hybridized carbons (Fsp3) is 0.0455. The summed E-state index contributed by atoms with van der Waals surface area (Å²) in [4.78, 5) is 10.6. The molecule has 228 valence electrons. The summed E-state index contributed by atoms with van der Waals surface area (Å²) in [7, 11) is 0. The minimum atomic E-state index is -0.141. The van der Waals surface area contributed by atoms with E-state index in [0.29, 0.717) is 5.84 Å². The largest absolute Gasteiger partial charge is 0.456 e. The van der Waals surface area contributed by atoms with Crippen LogP contribution in [0.3, 0.4) is 0 Å². The summed E-state index contributed by atoms with van der Waals surface area (Å²) in [6.45, 7) is 2.13. The number of fused-ring (bicyclic) bond motifs is 7. The van der Waals surface area contributed by atoms with E-state index in [-0.39, 0.29) is 6.04 Å². The van der Waals surface area contributed by atoms with Crippen molar-refractivity contribution in [3.05, 3.63) is 174 Å². The molecule has 0 saturated carbocycles. The summed E-state index contributed by atoms with van der Waals surface area (Å²) in [5.74, 6) is 0.647. The van der Waals surface area contributed by atoms with Gasteiger partial charge in [0.15, 0.2) is 5.84 Å². The summed E-state index contributed by atoms with van der Waals surface area (Å²) in [6.07, 6.45) is 1.92. The topological polar surface area (TPSA) is 42.8 Å². The van der Waals surface area contributed by atoms with E-state index in [4.69, 9.17) is 14.4 Å². The smallest absolute Gasteiger partial charge is 0.158 e. The van der Waals surface area contributed by atoms with E-state index in [1.165, 1.54) is 21.5 Å². The molecule has 0 spiro atoms. The zero-order chi connectivity index (χ0) is 32.0. The molecule has 2 aromatic heterocycles. The highest BCUT2D eigenvalue weighted by molar-refractivity contribution is 6.23. The standard InChI is InChI=1S/C44H31N3O/c1-29(31-16-6-3-7-17-31)46-44(45-28-30-14-4-2-5-15-30)43-38(24-25-41-42(43)35-21-11-13-23-40(35)48-41)47-37-22-12-10-20-34(37)36-26-32-18-8-9-19-33(32)27-39(36)47/h2-29H,1H3/b45-28+,46-44-. The maximum atomic E-state index is 6.48. The van der Waals surface area contributed by atoms with Gasteiger partial charge in [-0.2, -0.15) is 0 Å². The normalized spacial score (nSPS) is 13.1. The van der Waals surface area contributed by atoms with Gasteiger partial charge in [0.25, 0.3) is 0 Å². The maximum absolute atomic E-state index is 6.48. The molecule has 0 bridgehead atoms. The predicted molar refractivity (Wildman–Crippen MR) is 201 cm³/mol. The highest BCUT2D eigenvalue weighted by atomic mass is 16.3. The average molecular weight is 618 g/mol. The number of benzene rings is 7. The second-order valence-electron chi connectivity index (χ2n) is 12.2. The van der Waals surface area contributed by atoms with Gasteiger partial charge in [0.2, 0.25) is 0 Å². The lowest BCUT2D eigenvalue weighted by atomic mass is 10.0. The SMILES string of the molecule is CC(/N=C(\N=C\c1ccccc1)c1c(-n2c3ccccc3c3cc4ccccc4cc32)ccc2oc3ccccc3c12)c1ccccc1. The molecule has 48 heavy (non-hydrogen) atoms. The molecule has 0 aliphatic carbocycles. The summed E-state index contributed by atoms with van der Waals surface area (Å²) in [6, 6.07) is 54.8. The Bertz CT molecular complexity index is 2680. The van der Waals surface area contributed by atoms with Crippen molar-refractivity contribution >= 4 is 66.6 Å². The number of hydrogen-bond donors (Lipinski definition) is 0. The molecule has 0 aliphatic heterocycles. The first kappa shape index (κ1) is 28.0. The van der Waals surface area contributed by atoms with E-state index < -0.39 is 0 Å². The number of furan rings is 1. The number of aromatic nitrogens is 1. The lowest BCUT2D eigenvalue weighted by molar-refractivity contribution is 0.669. The Morgan fingerprint density at radius 2 is 1.27 bits per heavy atom. The molecule has 0 aliphatic rings. The molecule has 1 unspecified atom stereocenters. The van der Waals surface area contributed by atoms with E-state index in [2.05, 4.69) is 133 Å². The van der Waals surface area contributed by atoms with Gasteiger partial charge in [-0.25, -0.2) is 4.99 Å². The monoisotopic (exact) mass is 617 g/mol. The molecular weight excluding hydrogens is 587 g/mol. The minimum Gasteiger partial charge on any atom is -0.456 e. The predicted octanol–water partition coefficient (Wildman–Crippen LogP) is 11.5. The van der Waals surface area contributed by atoms with Crippen LogP contribution in [0.4, 0.5) is 0 Å². The van der Waals surface area contributed by atoms with Gasteiger partial charge in [0.05, 0.1) is 28.3 Å². The van der Waals surface area contributed by atoms with Crippen LogP contribution < -0.4 is 0 Å². The third kappa shape index (κ3) is 4.69. The molecule has 0 amide bonds. The Kier molecular flexibility index (Phi) is 6.72. The third-order valence-electron chi connectivity index (χ3n) is 9.26. The molecule has 9 rings (SSSR count). The summed E-state index contributed by atoms with van der Waals surface area (Å²) in [5.41, 5.74) is 7.95. The third-order valence-corrected chi connectivity index (χ3v) is 9.26. The summed E-state index contributed by atoms with van der Waals surface area (Å²) in [5, 5.41) is 6.85.